The van der Waals surface area contributed by atoms with Crippen LogP contribution in [-0.2, 0) is 14.3 Å². The highest BCUT2D eigenvalue weighted by Crippen LogP contribution is 2.21. The molecule has 0 aromatic rings. The third-order valence-corrected chi connectivity index (χ3v) is 2.94. The summed E-state index contributed by atoms with van der Waals surface area (Å²) in [5.74, 6) is 0.334. The lowest BCUT2D eigenvalue weighted by atomic mass is 9.86. The lowest BCUT2D eigenvalue weighted by Crippen LogP contribution is -2.48. The van der Waals surface area contributed by atoms with Crippen LogP contribution in [0.2, 0.25) is 0 Å². The van der Waals surface area contributed by atoms with Gasteiger partial charge in [0, 0.05) is 13.2 Å². The molecular weight excluding hydrogens is 206 g/mol. The number of rotatable bonds is 4. The second-order valence-corrected chi connectivity index (χ2v) is 5.46. The summed E-state index contributed by atoms with van der Waals surface area (Å²) in [6, 6.07) is -0.252. The normalized spacial score (nSPS) is 23.1. The first-order valence-corrected chi connectivity index (χ1v) is 5.84. The molecule has 0 aliphatic carbocycles. The van der Waals surface area contributed by atoms with Gasteiger partial charge in [0.25, 0.3) is 0 Å². The monoisotopic (exact) mass is 229 g/mol. The van der Waals surface area contributed by atoms with Crippen molar-refractivity contribution >= 4 is 5.97 Å². The van der Waals surface area contributed by atoms with Gasteiger partial charge in [-0.3, -0.25) is 4.79 Å². The first-order chi connectivity index (χ1) is 7.45. The Morgan fingerprint density at radius 1 is 1.56 bits per heavy atom. The van der Waals surface area contributed by atoms with E-state index in [0.717, 1.165) is 26.2 Å². The molecule has 4 nitrogen and oxygen atoms in total. The van der Waals surface area contributed by atoms with Crippen LogP contribution in [0.5, 0.6) is 0 Å². The molecule has 1 N–H and O–H groups in total. The van der Waals surface area contributed by atoms with E-state index in [1.54, 1.807) is 0 Å². The summed E-state index contributed by atoms with van der Waals surface area (Å²) in [7, 11) is 1.43. The van der Waals surface area contributed by atoms with E-state index in [0.29, 0.717) is 5.92 Å². The topological polar surface area (TPSA) is 47.6 Å². The van der Waals surface area contributed by atoms with Gasteiger partial charge in [-0.1, -0.05) is 20.8 Å². The molecule has 2 unspecified atom stereocenters. The average Bonchev–Trinajstić information content (AvgIpc) is 2.68. The van der Waals surface area contributed by atoms with Crippen LogP contribution in [0.15, 0.2) is 0 Å². The third kappa shape index (κ3) is 3.76. The fourth-order valence-corrected chi connectivity index (χ4v) is 1.89. The number of nitrogens with one attached hydrogen (secondary N) is 1. The van der Waals surface area contributed by atoms with Gasteiger partial charge in [-0.05, 0) is 17.8 Å². The summed E-state index contributed by atoms with van der Waals surface area (Å²) < 4.78 is 10.1. The number of esters is 1. The maximum atomic E-state index is 11.6. The molecule has 0 aromatic carbocycles. The molecule has 0 bridgehead atoms. The van der Waals surface area contributed by atoms with Crippen LogP contribution in [0.1, 0.15) is 27.2 Å². The Morgan fingerprint density at radius 3 is 2.69 bits per heavy atom. The minimum atomic E-state index is -0.252. The molecule has 1 heterocycles. The predicted molar refractivity (Wildman–Crippen MR) is 62.2 cm³/mol. The Labute approximate surface area is 97.7 Å². The van der Waals surface area contributed by atoms with Crippen LogP contribution in [0, 0.1) is 11.3 Å². The van der Waals surface area contributed by atoms with Crippen molar-refractivity contribution in [3.63, 3.8) is 0 Å². The summed E-state index contributed by atoms with van der Waals surface area (Å²) in [5.41, 5.74) is -0.132. The van der Waals surface area contributed by atoms with Crippen molar-refractivity contribution in [3.05, 3.63) is 0 Å². The third-order valence-electron chi connectivity index (χ3n) is 2.94. The highest BCUT2D eigenvalue weighted by atomic mass is 16.5. The minimum Gasteiger partial charge on any atom is -0.468 e. The van der Waals surface area contributed by atoms with E-state index in [9.17, 15) is 4.79 Å². The Hall–Kier alpha value is -0.610. The Morgan fingerprint density at radius 2 is 2.25 bits per heavy atom. The van der Waals surface area contributed by atoms with Gasteiger partial charge in [0.15, 0.2) is 0 Å². The number of ether oxygens (including phenoxy) is 2. The van der Waals surface area contributed by atoms with Crippen molar-refractivity contribution < 1.29 is 14.3 Å². The number of hydrogen-bond acceptors (Lipinski definition) is 4. The second kappa shape index (κ2) is 5.64. The molecule has 2 atom stereocenters. The summed E-state index contributed by atoms with van der Waals surface area (Å²) in [6.45, 7) is 8.55. The van der Waals surface area contributed by atoms with Gasteiger partial charge in [0.05, 0.1) is 13.7 Å². The number of hydrogen-bond donors (Lipinski definition) is 1. The van der Waals surface area contributed by atoms with Crippen LogP contribution < -0.4 is 5.32 Å². The lowest BCUT2D eigenvalue weighted by Gasteiger charge is -2.30. The molecule has 0 spiro atoms. The fraction of sp³-hybridized carbons (Fsp3) is 0.917. The van der Waals surface area contributed by atoms with Crippen molar-refractivity contribution in [2.75, 3.05) is 26.9 Å². The number of methoxy groups -OCH3 is 1. The van der Waals surface area contributed by atoms with Gasteiger partial charge in [0.1, 0.15) is 6.04 Å². The standard InChI is InChI=1S/C12H23NO3/c1-12(2,3)10(11(14)15-4)13-7-9-5-6-16-8-9/h9-10,13H,5-8H2,1-4H3. The Bertz CT molecular complexity index is 229. The van der Waals surface area contributed by atoms with Gasteiger partial charge in [-0.15, -0.1) is 0 Å². The molecule has 1 aliphatic rings. The molecule has 1 saturated heterocycles. The maximum absolute atomic E-state index is 11.6. The second-order valence-electron chi connectivity index (χ2n) is 5.46. The molecule has 0 saturated carbocycles. The first kappa shape index (κ1) is 13.5. The van der Waals surface area contributed by atoms with Crippen molar-refractivity contribution in [1.82, 2.24) is 5.32 Å². The highest BCUT2D eigenvalue weighted by molar-refractivity contribution is 5.76. The van der Waals surface area contributed by atoms with Crippen LogP contribution in [0.25, 0.3) is 0 Å². The number of carbonyl (C=O) groups is 1. The average molecular weight is 229 g/mol. The summed E-state index contributed by atoms with van der Waals surface area (Å²) in [4.78, 5) is 11.6. The Balaban J connectivity index is 2.46. The van der Waals surface area contributed by atoms with Gasteiger partial charge in [-0.2, -0.15) is 0 Å². The van der Waals surface area contributed by atoms with Crippen LogP contribution >= 0.6 is 0 Å². The molecular formula is C12H23NO3. The van der Waals surface area contributed by atoms with E-state index in [1.165, 1.54) is 7.11 Å². The van der Waals surface area contributed by atoms with Crippen molar-refractivity contribution in [2.24, 2.45) is 11.3 Å². The van der Waals surface area contributed by atoms with Crippen molar-refractivity contribution in [3.8, 4) is 0 Å². The van der Waals surface area contributed by atoms with E-state index < -0.39 is 0 Å². The molecule has 1 rings (SSSR count). The fourth-order valence-electron chi connectivity index (χ4n) is 1.89. The van der Waals surface area contributed by atoms with Crippen LogP contribution in [0.4, 0.5) is 0 Å². The summed E-state index contributed by atoms with van der Waals surface area (Å²) in [6.07, 6.45) is 1.07. The van der Waals surface area contributed by atoms with Gasteiger partial charge in [-0.25, -0.2) is 0 Å². The molecule has 1 fully saturated rings. The van der Waals surface area contributed by atoms with Crippen LogP contribution in [-0.4, -0.2) is 38.9 Å². The van der Waals surface area contributed by atoms with Crippen LogP contribution in [0.3, 0.4) is 0 Å². The predicted octanol–water partition coefficient (Wildman–Crippen LogP) is 1.20. The number of carbonyl (C=O) groups excluding carboxylic acids is 1. The zero-order chi connectivity index (χ0) is 12.2. The van der Waals surface area contributed by atoms with Gasteiger partial charge >= 0.3 is 5.97 Å². The highest BCUT2D eigenvalue weighted by Gasteiger charge is 2.32. The zero-order valence-electron chi connectivity index (χ0n) is 10.7. The zero-order valence-corrected chi connectivity index (χ0v) is 10.7. The Kier molecular flexibility index (Phi) is 4.74. The van der Waals surface area contributed by atoms with E-state index in [1.807, 2.05) is 20.8 Å². The van der Waals surface area contributed by atoms with E-state index in [-0.39, 0.29) is 17.4 Å². The van der Waals surface area contributed by atoms with Crippen molar-refractivity contribution in [2.45, 2.75) is 33.2 Å². The summed E-state index contributed by atoms with van der Waals surface area (Å²) in [5, 5.41) is 3.30. The van der Waals surface area contributed by atoms with E-state index >= 15 is 0 Å². The molecule has 0 radical (unpaired) electrons. The van der Waals surface area contributed by atoms with E-state index in [2.05, 4.69) is 5.32 Å². The largest absolute Gasteiger partial charge is 0.468 e. The quantitative estimate of drug-likeness (QED) is 0.736. The van der Waals surface area contributed by atoms with Crippen molar-refractivity contribution in [1.29, 1.82) is 0 Å². The molecule has 4 heteroatoms. The van der Waals surface area contributed by atoms with Gasteiger partial charge < -0.3 is 14.8 Å². The minimum absolute atomic E-state index is 0.132. The van der Waals surface area contributed by atoms with E-state index in [4.69, 9.17) is 9.47 Å². The maximum Gasteiger partial charge on any atom is 0.323 e. The summed E-state index contributed by atoms with van der Waals surface area (Å²) >= 11 is 0. The molecule has 0 aromatic heterocycles. The molecule has 0 amide bonds. The smallest absolute Gasteiger partial charge is 0.323 e. The lowest BCUT2D eigenvalue weighted by molar-refractivity contribution is -0.146. The SMILES string of the molecule is COC(=O)C(NCC1CCOC1)C(C)(C)C. The molecule has 1 aliphatic heterocycles. The molecule has 94 valence electrons. The molecule has 16 heavy (non-hydrogen) atoms. The first-order valence-electron chi connectivity index (χ1n) is 5.84. The van der Waals surface area contributed by atoms with Gasteiger partial charge in [0.2, 0.25) is 0 Å².